The Hall–Kier alpha value is -2.82. The maximum Gasteiger partial charge on any atom is 0.327 e. The number of imide groups is 1. The number of carbonyl (C=O) groups excluding carboxylic acids is 4. The molecule has 0 radical (unpaired) electrons. The Labute approximate surface area is 206 Å². The molecule has 196 valence electrons. The van der Waals surface area contributed by atoms with E-state index in [2.05, 4.69) is 10.2 Å². The van der Waals surface area contributed by atoms with Crippen molar-refractivity contribution in [3.8, 4) is 0 Å². The van der Waals surface area contributed by atoms with Crippen LogP contribution < -0.4 is 5.73 Å². The van der Waals surface area contributed by atoms with Gasteiger partial charge < -0.3 is 19.8 Å². The van der Waals surface area contributed by atoms with E-state index in [9.17, 15) is 19.2 Å². The van der Waals surface area contributed by atoms with Gasteiger partial charge >= 0.3 is 12.0 Å². The lowest BCUT2D eigenvalue weighted by Gasteiger charge is -2.37. The first-order chi connectivity index (χ1) is 16.2. The topological polar surface area (TPSA) is 149 Å². The number of amides is 3. The maximum absolute atomic E-state index is 13.8. The van der Waals surface area contributed by atoms with Gasteiger partial charge in [-0.1, -0.05) is 48.5 Å². The lowest BCUT2D eigenvalue weighted by atomic mass is 9.95. The van der Waals surface area contributed by atoms with E-state index in [1.807, 2.05) is 20.8 Å². The summed E-state index contributed by atoms with van der Waals surface area (Å²) in [6.07, 6.45) is 1.24. The molecule has 0 saturated carbocycles. The summed E-state index contributed by atoms with van der Waals surface area (Å²) in [4.78, 5) is 55.3. The second kappa shape index (κ2) is 11.3. The zero-order valence-electron chi connectivity index (χ0n) is 22.0. The maximum atomic E-state index is 13.8. The van der Waals surface area contributed by atoms with E-state index >= 15 is 0 Å². The van der Waals surface area contributed by atoms with Crippen molar-refractivity contribution in [2.24, 2.45) is 17.6 Å². The molecule has 0 aromatic carbocycles. The molecule has 2 rings (SSSR count). The van der Waals surface area contributed by atoms with Crippen LogP contribution in [0.2, 0.25) is 0 Å². The van der Waals surface area contributed by atoms with Crippen LogP contribution in [0.25, 0.3) is 0 Å². The average molecular weight is 494 g/mol. The highest BCUT2D eigenvalue weighted by Gasteiger charge is 2.45. The zero-order chi connectivity index (χ0) is 26.7. The van der Waals surface area contributed by atoms with Crippen LogP contribution >= 0.6 is 0 Å². The van der Waals surface area contributed by atoms with E-state index in [-0.39, 0.29) is 24.1 Å². The van der Waals surface area contributed by atoms with Crippen molar-refractivity contribution in [1.82, 2.24) is 20.0 Å². The van der Waals surface area contributed by atoms with Crippen LogP contribution in [0.1, 0.15) is 84.3 Å². The quantitative estimate of drug-likeness (QED) is 0.426. The summed E-state index contributed by atoms with van der Waals surface area (Å²) in [6.45, 7) is 12.9. The normalized spacial score (nSPS) is 18.0. The van der Waals surface area contributed by atoms with E-state index in [0.29, 0.717) is 19.4 Å². The fraction of sp³-hybridized carbons (Fsp3) is 0.750. The zero-order valence-corrected chi connectivity index (χ0v) is 22.0. The Kier molecular flexibility index (Phi) is 9.16. The van der Waals surface area contributed by atoms with Gasteiger partial charge in [0.05, 0.1) is 19.6 Å². The smallest absolute Gasteiger partial charge is 0.327 e. The fourth-order valence-electron chi connectivity index (χ4n) is 3.98. The SMILES string of the molecule is COC(=O)C[C@@H]1CCCN1C(=O)N(C(=O)[C@@H](N)C(C)C)[C@H](C(=O)c1nnc(C(C)(C)C)o1)C(C)C. The number of esters is 1. The van der Waals surface area contributed by atoms with Crippen molar-refractivity contribution in [2.75, 3.05) is 13.7 Å². The molecular weight excluding hydrogens is 454 g/mol. The van der Waals surface area contributed by atoms with Crippen LogP contribution in [0.15, 0.2) is 4.42 Å². The van der Waals surface area contributed by atoms with Gasteiger partial charge in [0.2, 0.25) is 17.6 Å². The largest absolute Gasteiger partial charge is 0.469 e. The number of nitrogens with two attached hydrogens (primary N) is 1. The number of ether oxygens (including phenoxy) is 1. The van der Waals surface area contributed by atoms with Crippen molar-refractivity contribution in [3.63, 3.8) is 0 Å². The van der Waals surface area contributed by atoms with E-state index in [4.69, 9.17) is 14.9 Å². The number of likely N-dealkylation sites (tertiary alicyclic amines) is 1. The highest BCUT2D eigenvalue weighted by Crippen LogP contribution is 2.27. The van der Waals surface area contributed by atoms with Gasteiger partial charge in [0.15, 0.2) is 0 Å². The van der Waals surface area contributed by atoms with Crippen molar-refractivity contribution < 1.29 is 28.3 Å². The minimum Gasteiger partial charge on any atom is -0.469 e. The predicted molar refractivity (Wildman–Crippen MR) is 127 cm³/mol. The summed E-state index contributed by atoms with van der Waals surface area (Å²) in [5, 5.41) is 7.89. The number of aromatic nitrogens is 2. The van der Waals surface area contributed by atoms with Gasteiger partial charge in [0.25, 0.3) is 5.89 Å². The lowest BCUT2D eigenvalue weighted by molar-refractivity contribution is -0.141. The van der Waals surface area contributed by atoms with Crippen molar-refractivity contribution >= 4 is 23.7 Å². The minimum absolute atomic E-state index is 0.000597. The molecule has 1 aromatic rings. The summed E-state index contributed by atoms with van der Waals surface area (Å²) in [7, 11) is 1.28. The summed E-state index contributed by atoms with van der Waals surface area (Å²) < 4.78 is 10.4. The van der Waals surface area contributed by atoms with E-state index < -0.39 is 53.1 Å². The first kappa shape index (κ1) is 28.4. The first-order valence-electron chi connectivity index (χ1n) is 12.0. The summed E-state index contributed by atoms with van der Waals surface area (Å²) in [5.74, 6) is -2.51. The number of methoxy groups -OCH3 is 1. The Morgan fingerprint density at radius 3 is 2.26 bits per heavy atom. The molecule has 35 heavy (non-hydrogen) atoms. The molecule has 1 aliphatic rings. The molecule has 1 fully saturated rings. The molecule has 1 aromatic heterocycles. The minimum atomic E-state index is -1.22. The lowest BCUT2D eigenvalue weighted by Crippen LogP contribution is -2.60. The van der Waals surface area contributed by atoms with Gasteiger partial charge in [-0.25, -0.2) is 4.79 Å². The van der Waals surface area contributed by atoms with Gasteiger partial charge in [0.1, 0.15) is 6.04 Å². The third kappa shape index (κ3) is 6.45. The molecule has 11 heteroatoms. The monoisotopic (exact) mass is 493 g/mol. The summed E-state index contributed by atoms with van der Waals surface area (Å²) >= 11 is 0. The Morgan fingerprint density at radius 2 is 1.77 bits per heavy atom. The third-order valence-electron chi connectivity index (χ3n) is 6.16. The van der Waals surface area contributed by atoms with Crippen molar-refractivity contribution in [2.45, 2.75) is 91.3 Å². The molecule has 3 atom stereocenters. The van der Waals surface area contributed by atoms with E-state index in [0.717, 1.165) is 4.90 Å². The van der Waals surface area contributed by atoms with Crippen LogP contribution in [0.3, 0.4) is 0 Å². The van der Waals surface area contributed by atoms with Crippen LogP contribution in [-0.2, 0) is 19.7 Å². The Bertz CT molecular complexity index is 935. The van der Waals surface area contributed by atoms with Gasteiger partial charge in [-0.3, -0.25) is 19.3 Å². The third-order valence-corrected chi connectivity index (χ3v) is 6.16. The highest BCUT2D eigenvalue weighted by molar-refractivity contribution is 6.06. The highest BCUT2D eigenvalue weighted by atomic mass is 16.5. The molecule has 0 aliphatic carbocycles. The van der Waals surface area contributed by atoms with E-state index in [1.54, 1.807) is 27.7 Å². The second-order valence-electron chi connectivity index (χ2n) is 10.7. The van der Waals surface area contributed by atoms with Crippen LogP contribution in [0, 0.1) is 11.8 Å². The van der Waals surface area contributed by atoms with Gasteiger partial charge in [0, 0.05) is 18.0 Å². The van der Waals surface area contributed by atoms with E-state index in [1.165, 1.54) is 12.0 Å². The number of Topliss-reactive ketones (excluding diaryl/α,β-unsaturated/α-hetero) is 1. The number of carbonyl (C=O) groups is 4. The van der Waals surface area contributed by atoms with Crippen LogP contribution in [-0.4, -0.2) is 75.5 Å². The molecule has 1 aliphatic heterocycles. The molecule has 2 N–H and O–H groups in total. The molecule has 0 spiro atoms. The second-order valence-corrected chi connectivity index (χ2v) is 10.7. The average Bonchev–Trinajstić information content (AvgIpc) is 3.44. The van der Waals surface area contributed by atoms with Crippen LogP contribution in [0.4, 0.5) is 4.79 Å². The standard InChI is InChI=1S/C24H39N5O6/c1-13(2)17(25)21(32)29(23(33)28-11-9-10-15(28)12-16(30)34-8)18(14(3)4)19(31)20-26-27-22(35-20)24(5,6)7/h13-15,17-18H,9-12,25H2,1-8H3/t15-,17-,18-/m0/s1. The van der Waals surface area contributed by atoms with Crippen molar-refractivity contribution in [3.05, 3.63) is 11.8 Å². The fourth-order valence-corrected chi connectivity index (χ4v) is 3.98. The Balaban J connectivity index is 2.51. The molecule has 3 amide bonds. The molecular formula is C24H39N5O6. The number of rotatable bonds is 8. The van der Waals surface area contributed by atoms with Crippen molar-refractivity contribution in [1.29, 1.82) is 0 Å². The van der Waals surface area contributed by atoms with Gasteiger partial charge in [-0.2, -0.15) is 0 Å². The number of nitrogens with zero attached hydrogens (tertiary/aromatic N) is 4. The van der Waals surface area contributed by atoms with Gasteiger partial charge in [-0.15, -0.1) is 10.2 Å². The molecule has 11 nitrogen and oxygen atoms in total. The number of ketones is 1. The van der Waals surface area contributed by atoms with Gasteiger partial charge in [-0.05, 0) is 24.7 Å². The van der Waals surface area contributed by atoms with Crippen LogP contribution in [0.5, 0.6) is 0 Å². The number of hydrogen-bond donors (Lipinski definition) is 1. The Morgan fingerprint density at radius 1 is 1.14 bits per heavy atom. The predicted octanol–water partition coefficient (Wildman–Crippen LogP) is 2.53. The molecule has 2 heterocycles. The number of urea groups is 1. The molecule has 0 bridgehead atoms. The number of hydrogen-bond acceptors (Lipinski definition) is 9. The first-order valence-corrected chi connectivity index (χ1v) is 12.0. The summed E-state index contributed by atoms with van der Waals surface area (Å²) in [5.41, 5.74) is 5.69. The molecule has 0 unspecified atom stereocenters. The molecule has 1 saturated heterocycles. The summed E-state index contributed by atoms with van der Waals surface area (Å²) in [6, 6.07) is -3.34.